The van der Waals surface area contributed by atoms with Gasteiger partial charge in [0.15, 0.2) is 5.58 Å². The predicted octanol–water partition coefficient (Wildman–Crippen LogP) is 4.92. The van der Waals surface area contributed by atoms with Crippen LogP contribution in [0.5, 0.6) is 0 Å². The molecular weight excluding hydrogens is 395 g/mol. The normalized spacial score (nSPS) is 26.5. The molecule has 1 saturated heterocycles. The molecule has 1 aliphatic carbocycles. The third-order valence-corrected chi connectivity index (χ3v) is 6.74. The number of fused-ring (bicyclic) bond motifs is 1. The van der Waals surface area contributed by atoms with E-state index in [1.54, 1.807) is 4.57 Å². The van der Waals surface area contributed by atoms with E-state index in [2.05, 4.69) is 18.7 Å². The summed E-state index contributed by atoms with van der Waals surface area (Å²) in [6.45, 7) is 7.30. The average Bonchev–Trinajstić information content (AvgIpc) is 3.02. The average molecular weight is 427 g/mol. The highest BCUT2D eigenvalue weighted by atomic mass is 35.5. The molecule has 1 aliphatic heterocycles. The number of rotatable bonds is 5. The quantitative estimate of drug-likeness (QED) is 0.680. The van der Waals surface area contributed by atoms with Crippen LogP contribution in [0, 0.1) is 5.82 Å². The molecule has 0 unspecified atom stereocenters. The van der Waals surface area contributed by atoms with E-state index >= 15 is 0 Å². The van der Waals surface area contributed by atoms with Gasteiger partial charge >= 0.3 is 5.76 Å². The van der Waals surface area contributed by atoms with Crippen molar-refractivity contribution in [2.45, 2.75) is 76.5 Å². The summed E-state index contributed by atoms with van der Waals surface area (Å²) < 4.78 is 26.6. The van der Waals surface area contributed by atoms with Gasteiger partial charge in [0.25, 0.3) is 0 Å². The second-order valence-electron chi connectivity index (χ2n) is 8.64. The Balaban J connectivity index is 0.00000240. The van der Waals surface area contributed by atoms with Gasteiger partial charge in [-0.05, 0) is 64.0 Å². The van der Waals surface area contributed by atoms with Crippen LogP contribution in [-0.2, 0) is 4.74 Å². The Labute approximate surface area is 177 Å². The fraction of sp³-hybridized carbons (Fsp3) is 0.682. The van der Waals surface area contributed by atoms with Gasteiger partial charge in [-0.1, -0.05) is 6.92 Å². The molecule has 0 atom stereocenters. The fourth-order valence-electron chi connectivity index (χ4n) is 5.00. The highest BCUT2D eigenvalue weighted by Gasteiger charge is 2.38. The van der Waals surface area contributed by atoms with Crippen LogP contribution in [0.15, 0.2) is 27.4 Å². The Hall–Kier alpha value is -1.37. The Kier molecular flexibility index (Phi) is 7.07. The monoisotopic (exact) mass is 426 g/mol. The minimum absolute atomic E-state index is 0. The van der Waals surface area contributed by atoms with Gasteiger partial charge in [0.2, 0.25) is 0 Å². The summed E-state index contributed by atoms with van der Waals surface area (Å²) in [7, 11) is 0. The number of halogens is 2. The largest absolute Gasteiger partial charge is 0.420 e. The molecule has 0 amide bonds. The first kappa shape index (κ1) is 22.3. The summed E-state index contributed by atoms with van der Waals surface area (Å²) in [6.07, 6.45) is 7.83. The van der Waals surface area contributed by atoms with E-state index in [0.29, 0.717) is 17.2 Å². The minimum atomic E-state index is -0.376. The standard InChI is InChI=1S/C22H31FN2O3.ClH/c1-3-14-27-18-6-10-22(2,11-7-18)24-12-8-17(9-13-24)25-19-15-16(23)4-5-20(19)28-21(25)26;/h4-5,15,17-18H,3,6-14H2,1-2H3;1H/t18-,22-;. The molecule has 0 N–H and O–H groups in total. The highest BCUT2D eigenvalue weighted by Crippen LogP contribution is 2.38. The Bertz CT molecular complexity index is 865. The van der Waals surface area contributed by atoms with E-state index in [9.17, 15) is 9.18 Å². The maximum atomic E-state index is 13.7. The number of benzene rings is 1. The SMILES string of the molecule is CCCO[C@H]1CC[C@](C)(N2CCC(n3c(=O)oc4ccc(F)cc43)CC2)CC1.Cl. The van der Waals surface area contributed by atoms with Gasteiger partial charge < -0.3 is 9.15 Å². The van der Waals surface area contributed by atoms with Gasteiger partial charge in [-0.15, -0.1) is 12.4 Å². The smallest absolute Gasteiger partial charge is 0.408 e. The number of aromatic nitrogens is 1. The number of ether oxygens (including phenoxy) is 1. The van der Waals surface area contributed by atoms with Crippen LogP contribution in [0.1, 0.15) is 64.8 Å². The molecule has 29 heavy (non-hydrogen) atoms. The number of likely N-dealkylation sites (tertiary alicyclic amines) is 1. The van der Waals surface area contributed by atoms with Crippen molar-refractivity contribution in [2.24, 2.45) is 0 Å². The molecule has 0 spiro atoms. The van der Waals surface area contributed by atoms with Crippen LogP contribution in [0.25, 0.3) is 11.1 Å². The molecule has 7 heteroatoms. The first-order valence-corrected chi connectivity index (χ1v) is 10.7. The number of oxazole rings is 1. The van der Waals surface area contributed by atoms with Crippen molar-refractivity contribution >= 4 is 23.5 Å². The van der Waals surface area contributed by atoms with Crippen LogP contribution in [-0.4, -0.2) is 40.8 Å². The van der Waals surface area contributed by atoms with E-state index in [1.807, 2.05) is 0 Å². The first-order chi connectivity index (χ1) is 13.5. The summed E-state index contributed by atoms with van der Waals surface area (Å²) in [4.78, 5) is 15.0. The van der Waals surface area contributed by atoms with E-state index < -0.39 is 0 Å². The van der Waals surface area contributed by atoms with Gasteiger partial charge in [-0.25, -0.2) is 9.18 Å². The van der Waals surface area contributed by atoms with Gasteiger partial charge in [0.05, 0.1) is 11.6 Å². The maximum absolute atomic E-state index is 13.7. The molecule has 2 aromatic rings. The number of hydrogen-bond donors (Lipinski definition) is 0. The third-order valence-electron chi connectivity index (χ3n) is 6.74. The molecule has 1 saturated carbocycles. The fourth-order valence-corrected chi connectivity index (χ4v) is 5.00. The van der Waals surface area contributed by atoms with Crippen molar-refractivity contribution in [3.63, 3.8) is 0 Å². The van der Waals surface area contributed by atoms with Crippen LogP contribution in [0.3, 0.4) is 0 Å². The molecule has 5 nitrogen and oxygen atoms in total. The highest BCUT2D eigenvalue weighted by molar-refractivity contribution is 5.85. The second-order valence-corrected chi connectivity index (χ2v) is 8.64. The zero-order valence-electron chi connectivity index (χ0n) is 17.4. The van der Waals surface area contributed by atoms with Crippen molar-refractivity contribution in [1.29, 1.82) is 0 Å². The molecule has 0 bridgehead atoms. The van der Waals surface area contributed by atoms with E-state index in [-0.39, 0.29) is 35.6 Å². The lowest BCUT2D eigenvalue weighted by Gasteiger charge is -2.48. The molecule has 2 aliphatic rings. The molecule has 1 aromatic carbocycles. The third kappa shape index (κ3) is 4.54. The van der Waals surface area contributed by atoms with E-state index in [1.165, 1.54) is 18.2 Å². The van der Waals surface area contributed by atoms with Crippen LogP contribution < -0.4 is 5.76 Å². The minimum Gasteiger partial charge on any atom is -0.408 e. The second kappa shape index (κ2) is 9.19. The van der Waals surface area contributed by atoms with Crippen molar-refractivity contribution in [3.05, 3.63) is 34.6 Å². The van der Waals surface area contributed by atoms with Crippen molar-refractivity contribution in [1.82, 2.24) is 9.47 Å². The topological polar surface area (TPSA) is 47.6 Å². The summed E-state index contributed by atoms with van der Waals surface area (Å²) in [5.74, 6) is -0.715. The first-order valence-electron chi connectivity index (χ1n) is 10.7. The Morgan fingerprint density at radius 2 is 1.90 bits per heavy atom. The molecule has 4 rings (SSSR count). The number of piperidine rings is 1. The van der Waals surface area contributed by atoms with Crippen LogP contribution in [0.4, 0.5) is 4.39 Å². The van der Waals surface area contributed by atoms with Gasteiger partial charge in [0.1, 0.15) is 5.82 Å². The number of nitrogens with zero attached hydrogens (tertiary/aromatic N) is 2. The van der Waals surface area contributed by atoms with Crippen LogP contribution in [0.2, 0.25) is 0 Å². The molecule has 0 radical (unpaired) electrons. The zero-order valence-corrected chi connectivity index (χ0v) is 18.2. The summed E-state index contributed by atoms with van der Waals surface area (Å²) in [5.41, 5.74) is 1.25. The zero-order chi connectivity index (χ0) is 19.7. The predicted molar refractivity (Wildman–Crippen MR) is 114 cm³/mol. The van der Waals surface area contributed by atoms with E-state index in [0.717, 1.165) is 64.6 Å². The van der Waals surface area contributed by atoms with Crippen molar-refractivity contribution < 1.29 is 13.5 Å². The van der Waals surface area contributed by atoms with E-state index in [4.69, 9.17) is 9.15 Å². The van der Waals surface area contributed by atoms with Gasteiger partial charge in [-0.2, -0.15) is 0 Å². The van der Waals surface area contributed by atoms with Gasteiger partial charge in [-0.3, -0.25) is 9.47 Å². The lowest BCUT2D eigenvalue weighted by Crippen LogP contribution is -2.53. The molecule has 2 heterocycles. The molecular formula is C22H32ClFN2O3. The molecule has 162 valence electrons. The summed E-state index contributed by atoms with van der Waals surface area (Å²) in [6, 6.07) is 4.35. The molecule has 1 aromatic heterocycles. The molecule has 2 fully saturated rings. The van der Waals surface area contributed by atoms with Crippen molar-refractivity contribution in [3.8, 4) is 0 Å². The Morgan fingerprint density at radius 3 is 2.55 bits per heavy atom. The maximum Gasteiger partial charge on any atom is 0.420 e. The summed E-state index contributed by atoms with van der Waals surface area (Å²) in [5, 5.41) is 0. The van der Waals surface area contributed by atoms with Gasteiger partial charge in [0, 0.05) is 37.3 Å². The number of hydrogen-bond acceptors (Lipinski definition) is 4. The van der Waals surface area contributed by atoms with Crippen LogP contribution >= 0.6 is 12.4 Å². The Morgan fingerprint density at radius 1 is 1.21 bits per heavy atom. The summed E-state index contributed by atoms with van der Waals surface area (Å²) >= 11 is 0. The van der Waals surface area contributed by atoms with Crippen molar-refractivity contribution in [2.75, 3.05) is 19.7 Å². The lowest BCUT2D eigenvalue weighted by molar-refractivity contribution is -0.0306. The lowest BCUT2D eigenvalue weighted by atomic mass is 9.79.